The van der Waals surface area contributed by atoms with Gasteiger partial charge in [0.25, 0.3) is 0 Å². The van der Waals surface area contributed by atoms with Gasteiger partial charge < -0.3 is 10.5 Å². The van der Waals surface area contributed by atoms with Crippen molar-refractivity contribution in [1.82, 2.24) is 0 Å². The first-order valence-corrected chi connectivity index (χ1v) is 5.19. The zero-order chi connectivity index (χ0) is 10.7. The Morgan fingerprint density at radius 2 is 2.00 bits per heavy atom. The SMILES string of the molecule is CCOc1ccc(C(C)N)c(Cl)c1Cl. The molecule has 1 atom stereocenters. The van der Waals surface area contributed by atoms with Crippen LogP contribution in [-0.4, -0.2) is 6.61 Å². The molecular formula is C10H13Cl2NO. The summed E-state index contributed by atoms with van der Waals surface area (Å²) in [6, 6.07) is 3.50. The van der Waals surface area contributed by atoms with E-state index in [0.717, 1.165) is 5.56 Å². The Labute approximate surface area is 94.0 Å². The Morgan fingerprint density at radius 1 is 1.36 bits per heavy atom. The molecule has 2 nitrogen and oxygen atoms in total. The molecule has 1 aromatic rings. The summed E-state index contributed by atoms with van der Waals surface area (Å²) in [5.74, 6) is 0.601. The van der Waals surface area contributed by atoms with Gasteiger partial charge in [0.05, 0.1) is 11.6 Å². The van der Waals surface area contributed by atoms with E-state index in [1.54, 1.807) is 6.07 Å². The van der Waals surface area contributed by atoms with E-state index in [1.807, 2.05) is 19.9 Å². The van der Waals surface area contributed by atoms with Gasteiger partial charge >= 0.3 is 0 Å². The van der Waals surface area contributed by atoms with E-state index in [-0.39, 0.29) is 6.04 Å². The normalized spacial score (nSPS) is 12.6. The van der Waals surface area contributed by atoms with Crippen molar-refractivity contribution in [2.24, 2.45) is 5.73 Å². The van der Waals surface area contributed by atoms with Crippen molar-refractivity contribution in [2.75, 3.05) is 6.61 Å². The van der Waals surface area contributed by atoms with Crippen LogP contribution in [0.3, 0.4) is 0 Å². The van der Waals surface area contributed by atoms with E-state index in [2.05, 4.69) is 0 Å². The Balaban J connectivity index is 3.12. The molecule has 14 heavy (non-hydrogen) atoms. The van der Waals surface area contributed by atoms with Gasteiger partial charge in [0.1, 0.15) is 10.8 Å². The summed E-state index contributed by atoms with van der Waals surface area (Å²) in [6.45, 7) is 4.31. The van der Waals surface area contributed by atoms with Gasteiger partial charge in [0, 0.05) is 6.04 Å². The van der Waals surface area contributed by atoms with E-state index in [1.165, 1.54) is 0 Å². The van der Waals surface area contributed by atoms with Crippen molar-refractivity contribution in [1.29, 1.82) is 0 Å². The Hall–Kier alpha value is -0.440. The smallest absolute Gasteiger partial charge is 0.139 e. The van der Waals surface area contributed by atoms with Gasteiger partial charge in [-0.3, -0.25) is 0 Å². The molecule has 0 fully saturated rings. The highest BCUT2D eigenvalue weighted by atomic mass is 35.5. The Morgan fingerprint density at radius 3 is 2.50 bits per heavy atom. The minimum Gasteiger partial charge on any atom is -0.492 e. The van der Waals surface area contributed by atoms with Crippen molar-refractivity contribution in [3.05, 3.63) is 27.7 Å². The fourth-order valence-corrected chi connectivity index (χ4v) is 1.72. The van der Waals surface area contributed by atoms with Gasteiger partial charge in [-0.1, -0.05) is 29.3 Å². The topological polar surface area (TPSA) is 35.2 Å². The maximum absolute atomic E-state index is 6.04. The van der Waals surface area contributed by atoms with Gasteiger partial charge in [0.2, 0.25) is 0 Å². The highest BCUT2D eigenvalue weighted by Gasteiger charge is 2.12. The lowest BCUT2D eigenvalue weighted by molar-refractivity contribution is 0.340. The fraction of sp³-hybridized carbons (Fsp3) is 0.400. The van der Waals surface area contributed by atoms with Crippen LogP contribution in [0.15, 0.2) is 12.1 Å². The molecule has 4 heteroatoms. The molecule has 0 spiro atoms. The largest absolute Gasteiger partial charge is 0.492 e. The molecule has 1 rings (SSSR count). The number of rotatable bonds is 3. The predicted octanol–water partition coefficient (Wildman–Crippen LogP) is 3.41. The number of benzene rings is 1. The van der Waals surface area contributed by atoms with Crippen molar-refractivity contribution >= 4 is 23.2 Å². The van der Waals surface area contributed by atoms with E-state index in [9.17, 15) is 0 Å². The van der Waals surface area contributed by atoms with Crippen LogP contribution in [0.1, 0.15) is 25.5 Å². The van der Waals surface area contributed by atoms with Gasteiger partial charge in [-0.05, 0) is 25.5 Å². The lowest BCUT2D eigenvalue weighted by Crippen LogP contribution is -2.06. The maximum Gasteiger partial charge on any atom is 0.139 e. The first-order chi connectivity index (χ1) is 6.57. The number of hydrogen-bond donors (Lipinski definition) is 1. The van der Waals surface area contributed by atoms with Crippen LogP contribution in [0.4, 0.5) is 0 Å². The summed E-state index contributed by atoms with van der Waals surface area (Å²) in [4.78, 5) is 0. The highest BCUT2D eigenvalue weighted by Crippen LogP contribution is 2.36. The molecule has 1 aromatic carbocycles. The van der Waals surface area contributed by atoms with Crippen molar-refractivity contribution in [3.8, 4) is 5.75 Å². The van der Waals surface area contributed by atoms with Crippen LogP contribution in [-0.2, 0) is 0 Å². The van der Waals surface area contributed by atoms with Crippen LogP contribution in [0.5, 0.6) is 5.75 Å². The summed E-state index contributed by atoms with van der Waals surface area (Å²) in [5.41, 5.74) is 6.56. The third kappa shape index (κ3) is 2.32. The molecule has 0 aromatic heterocycles. The first kappa shape index (κ1) is 11.6. The summed E-state index contributed by atoms with van der Waals surface area (Å²) in [7, 11) is 0. The van der Waals surface area contributed by atoms with E-state index in [0.29, 0.717) is 22.4 Å². The zero-order valence-electron chi connectivity index (χ0n) is 8.18. The molecule has 0 saturated carbocycles. The first-order valence-electron chi connectivity index (χ1n) is 4.44. The quantitative estimate of drug-likeness (QED) is 0.869. The van der Waals surface area contributed by atoms with E-state index < -0.39 is 0 Å². The summed E-state index contributed by atoms with van der Waals surface area (Å²) < 4.78 is 5.29. The molecule has 0 aliphatic carbocycles. The van der Waals surface area contributed by atoms with Gasteiger partial charge in [-0.15, -0.1) is 0 Å². The average Bonchev–Trinajstić information content (AvgIpc) is 2.13. The molecule has 0 aliphatic heterocycles. The van der Waals surface area contributed by atoms with E-state index in [4.69, 9.17) is 33.7 Å². The third-order valence-corrected chi connectivity index (χ3v) is 2.75. The molecule has 1 unspecified atom stereocenters. The summed E-state index contributed by atoms with van der Waals surface area (Å²) in [6.07, 6.45) is 0. The minimum atomic E-state index is -0.129. The number of halogens is 2. The molecule has 0 bridgehead atoms. The van der Waals surface area contributed by atoms with Crippen molar-refractivity contribution in [3.63, 3.8) is 0 Å². The zero-order valence-corrected chi connectivity index (χ0v) is 9.69. The Bertz CT molecular complexity index is 326. The summed E-state index contributed by atoms with van der Waals surface area (Å²) in [5, 5.41) is 0.913. The van der Waals surface area contributed by atoms with Crippen LogP contribution in [0, 0.1) is 0 Å². The monoisotopic (exact) mass is 233 g/mol. The number of nitrogens with two attached hydrogens (primary N) is 1. The summed E-state index contributed by atoms with van der Waals surface area (Å²) >= 11 is 12.0. The van der Waals surface area contributed by atoms with Gasteiger partial charge in [-0.2, -0.15) is 0 Å². The van der Waals surface area contributed by atoms with Crippen LogP contribution >= 0.6 is 23.2 Å². The lowest BCUT2D eigenvalue weighted by Gasteiger charge is -2.12. The second kappa shape index (κ2) is 4.87. The maximum atomic E-state index is 6.04. The number of hydrogen-bond acceptors (Lipinski definition) is 2. The molecule has 2 N–H and O–H groups in total. The highest BCUT2D eigenvalue weighted by molar-refractivity contribution is 6.43. The predicted molar refractivity (Wildman–Crippen MR) is 60.2 cm³/mol. The second-order valence-electron chi connectivity index (χ2n) is 3.00. The Kier molecular flexibility index (Phi) is 4.05. The van der Waals surface area contributed by atoms with Crippen LogP contribution in [0.2, 0.25) is 10.0 Å². The van der Waals surface area contributed by atoms with Gasteiger partial charge in [0.15, 0.2) is 0 Å². The minimum absolute atomic E-state index is 0.129. The average molecular weight is 234 g/mol. The second-order valence-corrected chi connectivity index (χ2v) is 3.76. The molecule has 0 aliphatic rings. The molecule has 0 saturated heterocycles. The molecule has 78 valence electrons. The lowest BCUT2D eigenvalue weighted by atomic mass is 10.1. The molecular weight excluding hydrogens is 221 g/mol. The molecule has 0 heterocycles. The van der Waals surface area contributed by atoms with Crippen LogP contribution in [0.25, 0.3) is 0 Å². The van der Waals surface area contributed by atoms with Crippen molar-refractivity contribution in [2.45, 2.75) is 19.9 Å². The van der Waals surface area contributed by atoms with Crippen LogP contribution < -0.4 is 10.5 Å². The third-order valence-electron chi connectivity index (χ3n) is 1.87. The molecule has 0 radical (unpaired) electrons. The van der Waals surface area contributed by atoms with Crippen molar-refractivity contribution < 1.29 is 4.74 Å². The molecule has 0 amide bonds. The number of ether oxygens (including phenoxy) is 1. The van der Waals surface area contributed by atoms with E-state index >= 15 is 0 Å². The van der Waals surface area contributed by atoms with Gasteiger partial charge in [-0.25, -0.2) is 0 Å². The standard InChI is InChI=1S/C10H13Cl2NO/c1-3-14-8-5-4-7(6(2)13)9(11)10(8)12/h4-6H,3,13H2,1-2H3. The fourth-order valence-electron chi connectivity index (χ4n) is 1.17.